The number of aliphatic hydroxyl groups is 1. The molecule has 0 aromatic carbocycles. The number of amides is 1. The van der Waals surface area contributed by atoms with Gasteiger partial charge in [-0.3, -0.25) is 4.79 Å². The zero-order valence-corrected chi connectivity index (χ0v) is 14.2. The van der Waals surface area contributed by atoms with E-state index in [4.69, 9.17) is 0 Å². The van der Waals surface area contributed by atoms with E-state index >= 15 is 0 Å². The number of carbonyl (C=O) groups excluding carboxylic acids is 1. The molecule has 2 saturated carbocycles. The first-order chi connectivity index (χ1) is 10.4. The molecule has 0 aromatic heterocycles. The highest BCUT2D eigenvalue weighted by Gasteiger charge is 2.50. The number of rotatable bonds is 4. The van der Waals surface area contributed by atoms with E-state index in [1.807, 2.05) is 0 Å². The van der Waals surface area contributed by atoms with Gasteiger partial charge in [0.1, 0.15) is 0 Å². The topological polar surface area (TPSA) is 52.6 Å². The van der Waals surface area contributed by atoms with Crippen LogP contribution in [0.3, 0.4) is 0 Å². The normalized spacial score (nSPS) is 31.7. The average Bonchev–Trinajstić information content (AvgIpc) is 3.11. The molecule has 1 aliphatic heterocycles. The second-order valence-electron chi connectivity index (χ2n) is 8.59. The van der Waals surface area contributed by atoms with Gasteiger partial charge in [0.15, 0.2) is 0 Å². The van der Waals surface area contributed by atoms with Gasteiger partial charge in [0.25, 0.3) is 0 Å². The van der Waals surface area contributed by atoms with Crippen LogP contribution in [0.4, 0.5) is 0 Å². The van der Waals surface area contributed by atoms with E-state index in [0.29, 0.717) is 6.04 Å². The zero-order chi connectivity index (χ0) is 15.8. The number of carbonyl (C=O) groups is 1. The van der Waals surface area contributed by atoms with Crippen molar-refractivity contribution in [1.29, 1.82) is 0 Å². The molecule has 2 aliphatic carbocycles. The molecule has 1 heterocycles. The first-order valence-electron chi connectivity index (χ1n) is 9.13. The standard InChI is InChI=1S/C18H32N2O2/c1-17(2)12-15(17)16(21)19-14-6-10-20(11-7-14)13-18(22)8-4-3-5-9-18/h14-15,22H,3-13H2,1-2H3,(H,19,21). The van der Waals surface area contributed by atoms with Crippen molar-refractivity contribution in [2.24, 2.45) is 11.3 Å². The minimum atomic E-state index is -0.452. The van der Waals surface area contributed by atoms with Crippen LogP contribution in [-0.4, -0.2) is 47.2 Å². The lowest BCUT2D eigenvalue weighted by Gasteiger charge is -2.40. The third-order valence-electron chi connectivity index (χ3n) is 6.07. The first-order valence-corrected chi connectivity index (χ1v) is 9.13. The van der Waals surface area contributed by atoms with Gasteiger partial charge >= 0.3 is 0 Å². The number of β-amino-alcohol motifs (C(OH)–C–C–N with tert-alkyl or cyclic N) is 1. The van der Waals surface area contributed by atoms with Crippen molar-refractivity contribution >= 4 is 5.91 Å². The summed E-state index contributed by atoms with van der Waals surface area (Å²) in [7, 11) is 0. The smallest absolute Gasteiger partial charge is 0.223 e. The monoisotopic (exact) mass is 308 g/mol. The van der Waals surface area contributed by atoms with Gasteiger partial charge in [0.2, 0.25) is 5.91 Å². The molecule has 0 bridgehead atoms. The fourth-order valence-corrected chi connectivity index (χ4v) is 4.24. The molecule has 0 radical (unpaired) electrons. The Morgan fingerprint density at radius 2 is 1.77 bits per heavy atom. The predicted octanol–water partition coefficient (Wildman–Crippen LogP) is 2.31. The van der Waals surface area contributed by atoms with E-state index in [1.54, 1.807) is 0 Å². The van der Waals surface area contributed by atoms with Crippen molar-refractivity contribution in [1.82, 2.24) is 10.2 Å². The van der Waals surface area contributed by atoms with Gasteiger partial charge in [0, 0.05) is 31.6 Å². The molecule has 3 aliphatic rings. The number of nitrogens with one attached hydrogen (secondary N) is 1. The van der Waals surface area contributed by atoms with Crippen LogP contribution in [0.2, 0.25) is 0 Å². The second kappa shape index (κ2) is 6.12. The van der Waals surface area contributed by atoms with E-state index < -0.39 is 5.60 Å². The number of nitrogens with zero attached hydrogens (tertiary/aromatic N) is 1. The van der Waals surface area contributed by atoms with Crippen LogP contribution in [0.5, 0.6) is 0 Å². The van der Waals surface area contributed by atoms with E-state index in [1.165, 1.54) is 19.3 Å². The number of piperidine rings is 1. The van der Waals surface area contributed by atoms with Crippen LogP contribution in [0.1, 0.15) is 65.2 Å². The Balaban J connectivity index is 1.40. The molecular formula is C18H32N2O2. The van der Waals surface area contributed by atoms with E-state index in [-0.39, 0.29) is 17.2 Å². The minimum Gasteiger partial charge on any atom is -0.389 e. The van der Waals surface area contributed by atoms with Gasteiger partial charge < -0.3 is 15.3 Å². The van der Waals surface area contributed by atoms with Gasteiger partial charge in [-0.05, 0) is 37.5 Å². The zero-order valence-electron chi connectivity index (χ0n) is 14.2. The summed E-state index contributed by atoms with van der Waals surface area (Å²) in [6.45, 7) is 7.17. The first kappa shape index (κ1) is 16.3. The van der Waals surface area contributed by atoms with Crippen molar-refractivity contribution in [3.05, 3.63) is 0 Å². The number of likely N-dealkylation sites (tertiary alicyclic amines) is 1. The summed E-state index contributed by atoms with van der Waals surface area (Å²) in [5.41, 5.74) is -0.235. The van der Waals surface area contributed by atoms with Gasteiger partial charge in [0.05, 0.1) is 5.60 Å². The van der Waals surface area contributed by atoms with Gasteiger partial charge in [-0.2, -0.15) is 0 Å². The number of hydrogen-bond donors (Lipinski definition) is 2. The second-order valence-corrected chi connectivity index (χ2v) is 8.59. The summed E-state index contributed by atoms with van der Waals surface area (Å²) < 4.78 is 0. The van der Waals surface area contributed by atoms with E-state index in [9.17, 15) is 9.90 Å². The van der Waals surface area contributed by atoms with E-state index in [2.05, 4.69) is 24.1 Å². The average molecular weight is 308 g/mol. The van der Waals surface area contributed by atoms with Crippen molar-refractivity contribution in [2.45, 2.75) is 76.9 Å². The Morgan fingerprint density at radius 3 is 2.32 bits per heavy atom. The Morgan fingerprint density at radius 1 is 1.18 bits per heavy atom. The number of hydrogen-bond acceptors (Lipinski definition) is 3. The van der Waals surface area contributed by atoms with Crippen LogP contribution in [-0.2, 0) is 4.79 Å². The van der Waals surface area contributed by atoms with Crippen LogP contribution < -0.4 is 5.32 Å². The van der Waals surface area contributed by atoms with Gasteiger partial charge in [-0.25, -0.2) is 0 Å². The lowest BCUT2D eigenvalue weighted by molar-refractivity contribution is -0.124. The molecule has 4 nitrogen and oxygen atoms in total. The fourth-order valence-electron chi connectivity index (χ4n) is 4.24. The Kier molecular flexibility index (Phi) is 4.52. The van der Waals surface area contributed by atoms with Gasteiger partial charge in [-0.1, -0.05) is 33.1 Å². The molecule has 1 atom stereocenters. The van der Waals surface area contributed by atoms with Crippen LogP contribution in [0.25, 0.3) is 0 Å². The van der Waals surface area contributed by atoms with Crippen molar-refractivity contribution in [2.75, 3.05) is 19.6 Å². The summed E-state index contributed by atoms with van der Waals surface area (Å²) in [5.74, 6) is 0.489. The molecule has 4 heteroatoms. The van der Waals surface area contributed by atoms with Crippen molar-refractivity contribution in [3.63, 3.8) is 0 Å². The van der Waals surface area contributed by atoms with Crippen molar-refractivity contribution in [3.8, 4) is 0 Å². The molecule has 1 saturated heterocycles. The minimum absolute atomic E-state index is 0.217. The molecule has 0 aromatic rings. The quantitative estimate of drug-likeness (QED) is 0.838. The summed E-state index contributed by atoms with van der Waals surface area (Å²) >= 11 is 0. The molecule has 1 amide bonds. The fraction of sp³-hybridized carbons (Fsp3) is 0.944. The Labute approximate surface area is 134 Å². The largest absolute Gasteiger partial charge is 0.389 e. The van der Waals surface area contributed by atoms with Crippen LogP contribution >= 0.6 is 0 Å². The molecular weight excluding hydrogens is 276 g/mol. The Hall–Kier alpha value is -0.610. The lowest BCUT2D eigenvalue weighted by Crippen LogP contribution is -2.50. The van der Waals surface area contributed by atoms with E-state index in [0.717, 1.165) is 51.7 Å². The summed E-state index contributed by atoms with van der Waals surface area (Å²) in [6.07, 6.45) is 8.60. The SMILES string of the molecule is CC1(C)CC1C(=O)NC1CCN(CC2(O)CCCCC2)CC1. The summed E-state index contributed by atoms with van der Waals surface area (Å²) in [5, 5.41) is 13.9. The predicted molar refractivity (Wildman–Crippen MR) is 87.5 cm³/mol. The highest BCUT2D eigenvalue weighted by Crippen LogP contribution is 2.51. The summed E-state index contributed by atoms with van der Waals surface area (Å²) in [4.78, 5) is 14.6. The maximum atomic E-state index is 12.2. The van der Waals surface area contributed by atoms with Crippen molar-refractivity contribution < 1.29 is 9.90 Å². The molecule has 126 valence electrons. The third kappa shape index (κ3) is 3.83. The molecule has 22 heavy (non-hydrogen) atoms. The molecule has 3 fully saturated rings. The third-order valence-corrected chi connectivity index (χ3v) is 6.07. The highest BCUT2D eigenvalue weighted by atomic mass is 16.3. The molecule has 2 N–H and O–H groups in total. The summed E-state index contributed by atoms with van der Waals surface area (Å²) in [6, 6.07) is 0.334. The highest BCUT2D eigenvalue weighted by molar-refractivity contribution is 5.82. The maximum Gasteiger partial charge on any atom is 0.223 e. The molecule has 1 unspecified atom stereocenters. The van der Waals surface area contributed by atoms with Gasteiger partial charge in [-0.15, -0.1) is 0 Å². The molecule has 3 rings (SSSR count). The van der Waals surface area contributed by atoms with Crippen LogP contribution in [0.15, 0.2) is 0 Å². The lowest BCUT2D eigenvalue weighted by atomic mass is 9.84. The van der Waals surface area contributed by atoms with Crippen LogP contribution in [0, 0.1) is 11.3 Å². The Bertz CT molecular complexity index is 407. The maximum absolute atomic E-state index is 12.2. The molecule has 0 spiro atoms.